The SMILES string of the molecule is C[C@@H](O)C(=O)N1CCC[C@@H](C(=N)c2ccnc(N)c2Nc2ccc(Oc3ccccc3)cc2)C1. The highest BCUT2D eigenvalue weighted by atomic mass is 16.5. The molecule has 176 valence electrons. The van der Waals surface area contributed by atoms with Gasteiger partial charge in [-0.05, 0) is 62.2 Å². The van der Waals surface area contributed by atoms with Crippen molar-refractivity contribution in [1.29, 1.82) is 5.41 Å². The van der Waals surface area contributed by atoms with Crippen molar-refractivity contribution < 1.29 is 14.6 Å². The number of pyridine rings is 1. The van der Waals surface area contributed by atoms with Gasteiger partial charge in [0.1, 0.15) is 23.4 Å². The highest BCUT2D eigenvalue weighted by molar-refractivity contribution is 6.07. The minimum Gasteiger partial charge on any atom is -0.457 e. The number of amides is 1. The Labute approximate surface area is 198 Å². The van der Waals surface area contributed by atoms with Crippen LogP contribution in [0, 0.1) is 11.3 Å². The van der Waals surface area contributed by atoms with Gasteiger partial charge in [0.15, 0.2) is 0 Å². The molecule has 0 unspecified atom stereocenters. The van der Waals surface area contributed by atoms with Crippen LogP contribution in [-0.4, -0.2) is 45.8 Å². The van der Waals surface area contributed by atoms with Gasteiger partial charge in [-0.1, -0.05) is 18.2 Å². The summed E-state index contributed by atoms with van der Waals surface area (Å²) >= 11 is 0. The van der Waals surface area contributed by atoms with E-state index in [1.807, 2.05) is 54.6 Å². The number of carbonyl (C=O) groups is 1. The van der Waals surface area contributed by atoms with Gasteiger partial charge in [0, 0.05) is 42.2 Å². The fourth-order valence-electron chi connectivity index (χ4n) is 4.11. The Kier molecular flexibility index (Phi) is 7.08. The topological polar surface area (TPSA) is 125 Å². The number of piperidine rings is 1. The zero-order valence-electron chi connectivity index (χ0n) is 19.1. The number of aliphatic hydroxyl groups excluding tert-OH is 1. The predicted octanol–water partition coefficient (Wildman–Crippen LogP) is 4.19. The summed E-state index contributed by atoms with van der Waals surface area (Å²) in [4.78, 5) is 18.1. The van der Waals surface area contributed by atoms with Gasteiger partial charge in [0.25, 0.3) is 5.91 Å². The van der Waals surface area contributed by atoms with Crippen molar-refractivity contribution in [3.8, 4) is 11.5 Å². The van der Waals surface area contributed by atoms with E-state index < -0.39 is 6.10 Å². The molecule has 2 heterocycles. The predicted molar refractivity (Wildman–Crippen MR) is 133 cm³/mol. The molecule has 0 bridgehead atoms. The van der Waals surface area contributed by atoms with Gasteiger partial charge in [0.2, 0.25) is 0 Å². The first-order valence-corrected chi connectivity index (χ1v) is 11.3. The number of para-hydroxylation sites is 1. The third kappa shape index (κ3) is 5.35. The Hall–Kier alpha value is -3.91. The maximum Gasteiger partial charge on any atom is 0.251 e. The maximum atomic E-state index is 12.3. The third-order valence-electron chi connectivity index (χ3n) is 5.87. The molecule has 0 aliphatic carbocycles. The van der Waals surface area contributed by atoms with Crippen molar-refractivity contribution >= 4 is 28.8 Å². The van der Waals surface area contributed by atoms with Gasteiger partial charge in [-0.15, -0.1) is 0 Å². The van der Waals surface area contributed by atoms with Crippen molar-refractivity contribution in [1.82, 2.24) is 9.88 Å². The number of nitrogens with zero attached hydrogens (tertiary/aromatic N) is 2. The van der Waals surface area contributed by atoms with Crippen LogP contribution in [-0.2, 0) is 4.79 Å². The number of ether oxygens (including phenoxy) is 1. The van der Waals surface area contributed by atoms with Gasteiger partial charge in [-0.3, -0.25) is 4.79 Å². The molecule has 1 aliphatic rings. The molecule has 8 nitrogen and oxygen atoms in total. The molecule has 8 heteroatoms. The Morgan fingerprint density at radius 1 is 1.18 bits per heavy atom. The zero-order valence-corrected chi connectivity index (χ0v) is 19.1. The van der Waals surface area contributed by atoms with Crippen molar-refractivity contribution in [2.75, 3.05) is 24.1 Å². The summed E-state index contributed by atoms with van der Waals surface area (Å²) in [5.74, 6) is 1.29. The van der Waals surface area contributed by atoms with E-state index in [4.69, 9.17) is 15.9 Å². The number of rotatable bonds is 7. The van der Waals surface area contributed by atoms with Crippen LogP contribution in [0.4, 0.5) is 17.2 Å². The van der Waals surface area contributed by atoms with E-state index in [-0.39, 0.29) is 11.8 Å². The number of nitrogen functional groups attached to an aromatic ring is 1. The number of nitrogens with one attached hydrogen (secondary N) is 2. The number of hydrogen-bond acceptors (Lipinski definition) is 7. The van der Waals surface area contributed by atoms with E-state index >= 15 is 0 Å². The Morgan fingerprint density at radius 2 is 1.88 bits per heavy atom. The molecule has 34 heavy (non-hydrogen) atoms. The second kappa shape index (κ2) is 10.4. The lowest BCUT2D eigenvalue weighted by Crippen LogP contribution is -2.46. The van der Waals surface area contributed by atoms with E-state index in [9.17, 15) is 9.90 Å². The van der Waals surface area contributed by atoms with Crippen LogP contribution in [0.25, 0.3) is 0 Å². The first-order chi connectivity index (χ1) is 16.4. The number of carbonyl (C=O) groups excluding carboxylic acids is 1. The standard InChI is InChI=1S/C26H29N5O3/c1-17(32)26(33)31-15-5-6-18(16-31)23(27)22-13-14-29-25(28)24(22)30-19-9-11-21(12-10-19)34-20-7-3-2-4-8-20/h2-4,7-14,17-18,27,30,32H,5-6,15-16H2,1H3,(H2,28,29)/t17-,18-/m1/s1. The van der Waals surface area contributed by atoms with Crippen molar-refractivity contribution in [3.05, 3.63) is 72.4 Å². The van der Waals surface area contributed by atoms with E-state index in [1.54, 1.807) is 17.2 Å². The minimum atomic E-state index is -1.05. The number of aliphatic hydroxyl groups is 1. The molecule has 5 N–H and O–H groups in total. The Balaban J connectivity index is 1.50. The molecule has 0 saturated carbocycles. The van der Waals surface area contributed by atoms with Gasteiger partial charge in [0.05, 0.1) is 5.69 Å². The molecular formula is C26H29N5O3. The third-order valence-corrected chi connectivity index (χ3v) is 5.87. The summed E-state index contributed by atoms with van der Waals surface area (Å²) < 4.78 is 5.85. The Morgan fingerprint density at radius 3 is 2.59 bits per heavy atom. The summed E-state index contributed by atoms with van der Waals surface area (Å²) in [6, 6.07) is 18.8. The van der Waals surface area contributed by atoms with Gasteiger partial charge >= 0.3 is 0 Å². The van der Waals surface area contributed by atoms with Crippen LogP contribution in [0.2, 0.25) is 0 Å². The average molecular weight is 460 g/mol. The monoisotopic (exact) mass is 459 g/mol. The average Bonchev–Trinajstić information content (AvgIpc) is 2.86. The summed E-state index contributed by atoms with van der Waals surface area (Å²) in [6.07, 6.45) is 2.10. The number of anilines is 3. The molecule has 3 aromatic rings. The van der Waals surface area contributed by atoms with E-state index in [1.165, 1.54) is 6.92 Å². The molecule has 2 aromatic carbocycles. The van der Waals surface area contributed by atoms with Crippen LogP contribution in [0.3, 0.4) is 0 Å². The molecule has 2 atom stereocenters. The molecule has 1 aliphatic heterocycles. The van der Waals surface area contributed by atoms with Gasteiger partial charge < -0.3 is 31.2 Å². The highest BCUT2D eigenvalue weighted by Crippen LogP contribution is 2.31. The molecule has 1 saturated heterocycles. The number of benzene rings is 2. The molecule has 0 radical (unpaired) electrons. The summed E-state index contributed by atoms with van der Waals surface area (Å²) in [5, 5.41) is 21.9. The van der Waals surface area contributed by atoms with Crippen molar-refractivity contribution in [3.63, 3.8) is 0 Å². The van der Waals surface area contributed by atoms with Crippen molar-refractivity contribution in [2.45, 2.75) is 25.9 Å². The molecule has 0 spiro atoms. The second-order valence-electron chi connectivity index (χ2n) is 8.40. The summed E-state index contributed by atoms with van der Waals surface area (Å²) in [6.45, 7) is 2.46. The van der Waals surface area contributed by atoms with E-state index in [2.05, 4.69) is 10.3 Å². The molecule has 1 aromatic heterocycles. The lowest BCUT2D eigenvalue weighted by Gasteiger charge is -2.34. The van der Waals surface area contributed by atoms with Crippen LogP contribution < -0.4 is 15.8 Å². The second-order valence-corrected chi connectivity index (χ2v) is 8.40. The number of aromatic nitrogens is 1. The summed E-state index contributed by atoms with van der Waals surface area (Å²) in [7, 11) is 0. The normalized spacial score (nSPS) is 16.5. The molecule has 1 amide bonds. The molecule has 1 fully saturated rings. The number of nitrogens with two attached hydrogens (primary N) is 1. The van der Waals surface area contributed by atoms with Crippen LogP contribution >= 0.6 is 0 Å². The number of likely N-dealkylation sites (tertiary alicyclic amines) is 1. The van der Waals surface area contributed by atoms with E-state index in [0.29, 0.717) is 41.6 Å². The first-order valence-electron chi connectivity index (χ1n) is 11.3. The van der Waals surface area contributed by atoms with Crippen LogP contribution in [0.15, 0.2) is 66.9 Å². The summed E-state index contributed by atoms with van der Waals surface area (Å²) in [5.41, 5.74) is 8.57. The fraction of sp³-hybridized carbons (Fsp3) is 0.269. The largest absolute Gasteiger partial charge is 0.457 e. The van der Waals surface area contributed by atoms with Gasteiger partial charge in [-0.2, -0.15) is 0 Å². The van der Waals surface area contributed by atoms with E-state index in [0.717, 1.165) is 24.3 Å². The number of hydrogen-bond donors (Lipinski definition) is 4. The Bertz CT molecular complexity index is 1150. The lowest BCUT2D eigenvalue weighted by atomic mass is 9.88. The van der Waals surface area contributed by atoms with Crippen LogP contribution in [0.5, 0.6) is 11.5 Å². The minimum absolute atomic E-state index is 0.152. The smallest absolute Gasteiger partial charge is 0.251 e. The lowest BCUT2D eigenvalue weighted by molar-refractivity contribution is -0.140. The molecular weight excluding hydrogens is 430 g/mol. The quantitative estimate of drug-likeness (QED) is 0.393. The van der Waals surface area contributed by atoms with Crippen LogP contribution in [0.1, 0.15) is 25.3 Å². The van der Waals surface area contributed by atoms with Crippen molar-refractivity contribution in [2.24, 2.45) is 5.92 Å². The van der Waals surface area contributed by atoms with Gasteiger partial charge in [-0.25, -0.2) is 4.98 Å². The molecule has 4 rings (SSSR count). The zero-order chi connectivity index (χ0) is 24.1. The highest BCUT2D eigenvalue weighted by Gasteiger charge is 2.29. The maximum absolute atomic E-state index is 12.3. The fourth-order valence-corrected chi connectivity index (χ4v) is 4.11. The first kappa shape index (κ1) is 23.3.